The maximum atomic E-state index is 13.8. The number of anilines is 1. The number of aliphatic hydroxyl groups excluding tert-OH is 1. The third-order valence-electron chi connectivity index (χ3n) is 7.31. The Kier molecular flexibility index (Phi) is 9.05. The van der Waals surface area contributed by atoms with Crippen molar-refractivity contribution in [3.05, 3.63) is 87.8 Å². The lowest BCUT2D eigenvalue weighted by molar-refractivity contribution is -0.132. The summed E-state index contributed by atoms with van der Waals surface area (Å²) in [7, 11) is 0. The molecule has 11 nitrogen and oxygen atoms in total. The molecular formula is C33H34N4O7S. The fourth-order valence-corrected chi connectivity index (χ4v) is 6.18. The predicted octanol–water partition coefficient (Wildman–Crippen LogP) is 5.87. The molecule has 1 aliphatic rings. The molecule has 0 radical (unpaired) electrons. The standard InChI is InChI=1S/C33H34N4O7S/c1-7-15-43-22-13-12-21(17-23(22)42-9-3)26-24(27(38)25-20(6)36-14-10-11-18(4)30(36)35-25)28(39)31(40)37(26)33-34-19(5)29(45-33)32(41)44-16-8-2/h8,10-14,17,26,38H,2,7,9,15-16H2,1,3-6H3/b27-24+. The Morgan fingerprint density at radius 2 is 1.89 bits per heavy atom. The number of nitrogens with zero attached hydrogens (tertiary/aromatic N) is 4. The largest absolute Gasteiger partial charge is 0.505 e. The molecule has 3 aromatic heterocycles. The van der Waals surface area contributed by atoms with Crippen LogP contribution in [0, 0.1) is 20.8 Å². The highest BCUT2D eigenvalue weighted by molar-refractivity contribution is 7.17. The Balaban J connectivity index is 1.73. The van der Waals surface area contributed by atoms with Gasteiger partial charge >= 0.3 is 11.9 Å². The van der Waals surface area contributed by atoms with Crippen molar-refractivity contribution in [3.8, 4) is 11.5 Å². The highest BCUT2D eigenvalue weighted by atomic mass is 32.1. The number of aromatic nitrogens is 3. The van der Waals surface area contributed by atoms with Gasteiger partial charge in [0.05, 0.1) is 36.2 Å². The molecule has 234 valence electrons. The minimum absolute atomic E-state index is 0.000511. The lowest BCUT2D eigenvalue weighted by atomic mass is 9.96. The maximum Gasteiger partial charge on any atom is 0.350 e. The lowest BCUT2D eigenvalue weighted by Gasteiger charge is -2.24. The van der Waals surface area contributed by atoms with Gasteiger partial charge in [0.2, 0.25) is 0 Å². The minimum Gasteiger partial charge on any atom is -0.505 e. The number of ether oxygens (including phenoxy) is 3. The van der Waals surface area contributed by atoms with Gasteiger partial charge in [0.1, 0.15) is 22.8 Å². The Morgan fingerprint density at radius 3 is 2.58 bits per heavy atom. The molecular weight excluding hydrogens is 596 g/mol. The van der Waals surface area contributed by atoms with Gasteiger partial charge < -0.3 is 23.7 Å². The summed E-state index contributed by atoms with van der Waals surface area (Å²) >= 11 is 0.920. The summed E-state index contributed by atoms with van der Waals surface area (Å²) in [4.78, 5) is 50.9. The van der Waals surface area contributed by atoms with Crippen LogP contribution >= 0.6 is 11.3 Å². The number of Topliss-reactive ketones (excluding diaryl/α,β-unsaturated/α-hetero) is 1. The van der Waals surface area contributed by atoms with Crippen molar-refractivity contribution >= 4 is 45.5 Å². The number of aryl methyl sites for hydroxylation is 3. The summed E-state index contributed by atoms with van der Waals surface area (Å²) in [5.41, 5.74) is 2.86. The number of hydrogen-bond acceptors (Lipinski definition) is 10. The summed E-state index contributed by atoms with van der Waals surface area (Å²) < 4.78 is 18.8. The van der Waals surface area contributed by atoms with Crippen molar-refractivity contribution in [3.63, 3.8) is 0 Å². The topological polar surface area (TPSA) is 133 Å². The molecule has 1 N–H and O–H groups in total. The smallest absolute Gasteiger partial charge is 0.350 e. The molecule has 5 rings (SSSR count). The first-order chi connectivity index (χ1) is 21.6. The van der Waals surface area contributed by atoms with Crippen LogP contribution in [0.25, 0.3) is 11.4 Å². The van der Waals surface area contributed by atoms with Crippen LogP contribution in [-0.2, 0) is 14.3 Å². The molecule has 1 unspecified atom stereocenters. The Labute approximate surface area is 264 Å². The van der Waals surface area contributed by atoms with E-state index in [0.29, 0.717) is 47.3 Å². The van der Waals surface area contributed by atoms with E-state index in [1.54, 1.807) is 32.0 Å². The van der Waals surface area contributed by atoms with E-state index in [1.807, 2.05) is 43.5 Å². The van der Waals surface area contributed by atoms with Crippen molar-refractivity contribution in [1.29, 1.82) is 0 Å². The Morgan fingerprint density at radius 1 is 1.11 bits per heavy atom. The summed E-state index contributed by atoms with van der Waals surface area (Å²) in [6.45, 7) is 13.5. The summed E-state index contributed by atoms with van der Waals surface area (Å²) in [6, 6.07) is 7.73. The fraction of sp³-hybridized carbons (Fsp3) is 0.303. The van der Waals surface area contributed by atoms with Crippen molar-refractivity contribution in [2.75, 3.05) is 24.7 Å². The van der Waals surface area contributed by atoms with E-state index >= 15 is 0 Å². The second-order valence-electron chi connectivity index (χ2n) is 10.4. The molecule has 4 aromatic rings. The van der Waals surface area contributed by atoms with Crippen molar-refractivity contribution < 1.29 is 33.7 Å². The monoisotopic (exact) mass is 630 g/mol. The number of amides is 1. The van der Waals surface area contributed by atoms with Crippen LogP contribution in [0.15, 0.2) is 54.8 Å². The molecule has 12 heteroatoms. The van der Waals surface area contributed by atoms with E-state index < -0.39 is 29.5 Å². The number of ketones is 1. The predicted molar refractivity (Wildman–Crippen MR) is 170 cm³/mol. The number of imidazole rings is 1. The van der Waals surface area contributed by atoms with Gasteiger partial charge in [-0.2, -0.15) is 0 Å². The number of carbonyl (C=O) groups excluding carboxylic acids is 3. The van der Waals surface area contributed by atoms with Crippen LogP contribution < -0.4 is 14.4 Å². The van der Waals surface area contributed by atoms with E-state index in [-0.39, 0.29) is 27.9 Å². The maximum absolute atomic E-state index is 13.8. The van der Waals surface area contributed by atoms with E-state index in [4.69, 9.17) is 14.2 Å². The van der Waals surface area contributed by atoms with E-state index in [1.165, 1.54) is 11.0 Å². The molecule has 1 fully saturated rings. The SMILES string of the molecule is C=CCOC(=O)c1sc(N2C(=O)C(=O)/C(=C(/O)c3nc4c(C)cccn4c3C)C2c2ccc(OCCC)c(OCC)c2)nc1C. The molecule has 1 amide bonds. The minimum atomic E-state index is -1.13. The highest BCUT2D eigenvalue weighted by Crippen LogP contribution is 2.46. The third-order valence-corrected chi connectivity index (χ3v) is 8.44. The third kappa shape index (κ3) is 5.68. The molecule has 0 bridgehead atoms. The first kappa shape index (κ1) is 31.5. The number of fused-ring (bicyclic) bond motifs is 1. The highest BCUT2D eigenvalue weighted by Gasteiger charge is 2.49. The van der Waals surface area contributed by atoms with Gasteiger partial charge in [-0.25, -0.2) is 14.8 Å². The number of benzene rings is 1. The van der Waals surface area contributed by atoms with Gasteiger partial charge in [0.15, 0.2) is 22.4 Å². The van der Waals surface area contributed by atoms with Gasteiger partial charge in [-0.1, -0.05) is 43.0 Å². The fourth-order valence-electron chi connectivity index (χ4n) is 5.19. The number of aliphatic hydroxyl groups is 1. The number of esters is 1. The van der Waals surface area contributed by atoms with Crippen LogP contribution in [0.3, 0.4) is 0 Å². The number of hydrogen-bond donors (Lipinski definition) is 1. The van der Waals surface area contributed by atoms with Gasteiger partial charge in [-0.3, -0.25) is 14.5 Å². The molecule has 4 heterocycles. The Hall–Kier alpha value is -4.97. The number of thiazole rings is 1. The van der Waals surface area contributed by atoms with Crippen molar-refractivity contribution in [2.45, 2.75) is 47.1 Å². The number of rotatable bonds is 11. The summed E-state index contributed by atoms with van der Waals surface area (Å²) in [5, 5.41) is 11.9. The zero-order chi connectivity index (χ0) is 32.4. The molecule has 1 saturated heterocycles. The summed E-state index contributed by atoms with van der Waals surface area (Å²) in [6.07, 6.45) is 4.04. The molecule has 0 saturated carbocycles. The molecule has 0 spiro atoms. The van der Waals surface area contributed by atoms with Gasteiger partial charge in [-0.15, -0.1) is 0 Å². The Bertz CT molecular complexity index is 1850. The molecule has 1 aromatic carbocycles. The van der Waals surface area contributed by atoms with Crippen LogP contribution in [0.5, 0.6) is 11.5 Å². The molecule has 0 aliphatic carbocycles. The van der Waals surface area contributed by atoms with E-state index in [2.05, 4.69) is 16.5 Å². The van der Waals surface area contributed by atoms with E-state index in [0.717, 1.165) is 23.3 Å². The van der Waals surface area contributed by atoms with Gasteiger partial charge in [0, 0.05) is 6.20 Å². The van der Waals surface area contributed by atoms with Gasteiger partial charge in [0.25, 0.3) is 5.78 Å². The lowest BCUT2D eigenvalue weighted by Crippen LogP contribution is -2.29. The second kappa shape index (κ2) is 12.9. The van der Waals surface area contributed by atoms with Crippen LogP contribution in [-0.4, -0.2) is 57.0 Å². The van der Waals surface area contributed by atoms with Crippen LogP contribution in [0.4, 0.5) is 5.13 Å². The van der Waals surface area contributed by atoms with Crippen molar-refractivity contribution in [2.24, 2.45) is 0 Å². The van der Waals surface area contributed by atoms with E-state index in [9.17, 15) is 19.5 Å². The van der Waals surface area contributed by atoms with Crippen LogP contribution in [0.2, 0.25) is 0 Å². The normalized spacial score (nSPS) is 15.9. The molecule has 1 atom stereocenters. The first-order valence-electron chi connectivity index (χ1n) is 14.5. The first-order valence-corrected chi connectivity index (χ1v) is 15.3. The average molecular weight is 631 g/mol. The average Bonchev–Trinajstić information content (AvgIpc) is 3.66. The number of carbonyl (C=O) groups is 3. The van der Waals surface area contributed by atoms with Crippen LogP contribution in [0.1, 0.15) is 64.2 Å². The van der Waals surface area contributed by atoms with Crippen molar-refractivity contribution in [1.82, 2.24) is 14.4 Å². The molecule has 1 aliphatic heterocycles. The zero-order valence-electron chi connectivity index (χ0n) is 25.7. The van der Waals surface area contributed by atoms with Gasteiger partial charge in [-0.05, 0) is 63.4 Å². The summed E-state index contributed by atoms with van der Waals surface area (Å²) in [5.74, 6) is -1.97. The molecule has 45 heavy (non-hydrogen) atoms. The zero-order valence-corrected chi connectivity index (χ0v) is 26.6. The quantitative estimate of drug-likeness (QED) is 0.0710. The number of pyridine rings is 1. The second-order valence-corrected chi connectivity index (χ2v) is 11.4.